The number of carbonyl (C=O) groups excluding carboxylic acids is 2. The van der Waals surface area contributed by atoms with Gasteiger partial charge in [0.2, 0.25) is 11.8 Å². The van der Waals surface area contributed by atoms with Gasteiger partial charge in [-0.1, -0.05) is 30.3 Å². The molecule has 2 amide bonds. The summed E-state index contributed by atoms with van der Waals surface area (Å²) >= 11 is 0. The number of hydrogen-bond donors (Lipinski definition) is 4. The summed E-state index contributed by atoms with van der Waals surface area (Å²) in [6, 6.07) is 7.32. The van der Waals surface area contributed by atoms with Gasteiger partial charge in [-0.3, -0.25) is 14.4 Å². The second-order valence-electron chi connectivity index (χ2n) is 4.69. The summed E-state index contributed by atoms with van der Waals surface area (Å²) in [5.41, 5.74) is 11.8. The van der Waals surface area contributed by atoms with Gasteiger partial charge in [0, 0.05) is 6.42 Å². The molecule has 7 nitrogen and oxygen atoms in total. The Morgan fingerprint density at radius 1 is 1.19 bits per heavy atom. The molecule has 0 aliphatic rings. The predicted octanol–water partition coefficient (Wildman–Crippen LogP) is -0.609. The van der Waals surface area contributed by atoms with Gasteiger partial charge in [0.05, 0.1) is 6.04 Å². The van der Waals surface area contributed by atoms with E-state index >= 15 is 0 Å². The summed E-state index contributed by atoms with van der Waals surface area (Å²) in [5, 5.41) is 11.0. The summed E-state index contributed by atoms with van der Waals surface area (Å²) in [4.78, 5) is 33.6. The van der Waals surface area contributed by atoms with E-state index in [9.17, 15) is 14.4 Å². The van der Waals surface area contributed by atoms with Crippen molar-refractivity contribution in [2.75, 3.05) is 0 Å². The molecule has 114 valence electrons. The molecule has 21 heavy (non-hydrogen) atoms. The summed E-state index contributed by atoms with van der Waals surface area (Å²) in [5.74, 6) is -2.38. The van der Waals surface area contributed by atoms with Crippen LogP contribution in [0.3, 0.4) is 0 Å². The molecular weight excluding hydrogens is 274 g/mol. The molecule has 0 aromatic heterocycles. The Balaban J connectivity index is 2.56. The number of aliphatic carboxylic acids is 1. The minimum absolute atomic E-state index is 0.0610. The lowest BCUT2D eigenvalue weighted by atomic mass is 10.0. The van der Waals surface area contributed by atoms with Gasteiger partial charge in [-0.2, -0.15) is 0 Å². The molecule has 0 spiro atoms. The van der Waals surface area contributed by atoms with Gasteiger partial charge in [-0.05, 0) is 18.4 Å². The number of benzene rings is 1. The number of rotatable bonds is 8. The van der Waals surface area contributed by atoms with Crippen molar-refractivity contribution < 1.29 is 19.5 Å². The fourth-order valence-corrected chi connectivity index (χ4v) is 1.79. The third-order valence-electron chi connectivity index (χ3n) is 2.94. The quantitative estimate of drug-likeness (QED) is 0.507. The van der Waals surface area contributed by atoms with Crippen molar-refractivity contribution in [1.29, 1.82) is 0 Å². The number of nitrogens with one attached hydrogen (secondary N) is 1. The van der Waals surface area contributed by atoms with Crippen molar-refractivity contribution in [2.24, 2.45) is 11.5 Å². The predicted molar refractivity (Wildman–Crippen MR) is 76.1 cm³/mol. The van der Waals surface area contributed by atoms with Crippen molar-refractivity contribution >= 4 is 17.8 Å². The Hall–Kier alpha value is -2.41. The fraction of sp³-hybridized carbons (Fsp3) is 0.357. The Labute approximate surface area is 122 Å². The lowest BCUT2D eigenvalue weighted by Crippen LogP contribution is -2.51. The van der Waals surface area contributed by atoms with Crippen LogP contribution in [0.5, 0.6) is 0 Å². The van der Waals surface area contributed by atoms with Crippen LogP contribution in [0.2, 0.25) is 0 Å². The van der Waals surface area contributed by atoms with Crippen LogP contribution in [0, 0.1) is 0 Å². The molecule has 1 aromatic rings. The minimum atomic E-state index is -1.07. The minimum Gasteiger partial charge on any atom is -0.481 e. The van der Waals surface area contributed by atoms with E-state index in [0.29, 0.717) is 6.42 Å². The lowest BCUT2D eigenvalue weighted by Gasteiger charge is -2.18. The number of hydrogen-bond acceptors (Lipinski definition) is 4. The SMILES string of the molecule is NC(=O)[C@@H](CCC(=O)O)NC(=O)[C@H](N)Cc1ccccc1. The molecular formula is C14H19N3O4. The Bertz CT molecular complexity index is 504. The zero-order valence-corrected chi connectivity index (χ0v) is 11.5. The molecule has 0 heterocycles. The largest absolute Gasteiger partial charge is 0.481 e. The molecule has 2 atom stereocenters. The number of amides is 2. The van der Waals surface area contributed by atoms with E-state index in [4.69, 9.17) is 16.6 Å². The van der Waals surface area contributed by atoms with Crippen molar-refractivity contribution in [1.82, 2.24) is 5.32 Å². The third kappa shape index (κ3) is 6.05. The van der Waals surface area contributed by atoms with Gasteiger partial charge in [0.1, 0.15) is 6.04 Å². The fourth-order valence-electron chi connectivity index (χ4n) is 1.79. The van der Waals surface area contributed by atoms with E-state index in [1.807, 2.05) is 30.3 Å². The molecule has 0 unspecified atom stereocenters. The molecule has 1 rings (SSSR count). The van der Waals surface area contributed by atoms with Crippen LogP contribution < -0.4 is 16.8 Å². The first kappa shape index (κ1) is 16.6. The number of nitrogens with two attached hydrogens (primary N) is 2. The number of carboxylic acid groups (broad SMARTS) is 1. The standard InChI is InChI=1S/C14H19N3O4/c15-10(8-9-4-2-1-3-5-9)14(21)17-11(13(16)20)6-7-12(18)19/h1-5,10-11H,6-8,15H2,(H2,16,20)(H,17,21)(H,18,19)/t10-,11-/m1/s1. The summed E-state index contributed by atoms with van der Waals surface area (Å²) in [6.45, 7) is 0. The van der Waals surface area contributed by atoms with Gasteiger partial charge in [-0.15, -0.1) is 0 Å². The van der Waals surface area contributed by atoms with E-state index in [2.05, 4.69) is 5.32 Å². The second kappa shape index (κ2) is 8.01. The molecule has 0 aliphatic heterocycles. The Morgan fingerprint density at radius 3 is 2.33 bits per heavy atom. The smallest absolute Gasteiger partial charge is 0.303 e. The first-order chi connectivity index (χ1) is 9.90. The van der Waals surface area contributed by atoms with Crippen LogP contribution in [-0.2, 0) is 20.8 Å². The summed E-state index contributed by atoms with van der Waals surface area (Å²) in [6.07, 6.45) is -0.00659. The highest BCUT2D eigenvalue weighted by atomic mass is 16.4. The van der Waals surface area contributed by atoms with Gasteiger partial charge < -0.3 is 21.9 Å². The molecule has 0 aliphatic carbocycles. The second-order valence-corrected chi connectivity index (χ2v) is 4.69. The molecule has 7 heteroatoms. The maximum atomic E-state index is 11.9. The van der Waals surface area contributed by atoms with Crippen LogP contribution >= 0.6 is 0 Å². The zero-order valence-electron chi connectivity index (χ0n) is 11.5. The van der Waals surface area contributed by atoms with Crippen molar-refractivity contribution in [3.63, 3.8) is 0 Å². The highest BCUT2D eigenvalue weighted by Crippen LogP contribution is 2.03. The molecule has 1 aromatic carbocycles. The average Bonchev–Trinajstić information content (AvgIpc) is 2.43. The Morgan fingerprint density at radius 2 is 1.81 bits per heavy atom. The van der Waals surface area contributed by atoms with Crippen LogP contribution in [-0.4, -0.2) is 35.0 Å². The van der Waals surface area contributed by atoms with Gasteiger partial charge in [0.15, 0.2) is 0 Å². The number of carboxylic acids is 1. The van der Waals surface area contributed by atoms with Crippen molar-refractivity contribution in [3.05, 3.63) is 35.9 Å². The van der Waals surface area contributed by atoms with Gasteiger partial charge in [-0.25, -0.2) is 0 Å². The van der Waals surface area contributed by atoms with Crippen LogP contribution in [0.25, 0.3) is 0 Å². The summed E-state index contributed by atoms with van der Waals surface area (Å²) < 4.78 is 0. The number of primary amides is 1. The van der Waals surface area contributed by atoms with E-state index in [1.54, 1.807) is 0 Å². The monoisotopic (exact) mass is 293 g/mol. The van der Waals surface area contributed by atoms with Crippen molar-refractivity contribution in [3.8, 4) is 0 Å². The van der Waals surface area contributed by atoms with Crippen LogP contribution in [0.4, 0.5) is 0 Å². The lowest BCUT2D eigenvalue weighted by molar-refractivity contribution is -0.137. The summed E-state index contributed by atoms with van der Waals surface area (Å²) in [7, 11) is 0. The molecule has 0 fully saturated rings. The van der Waals surface area contributed by atoms with Crippen LogP contribution in [0.15, 0.2) is 30.3 Å². The van der Waals surface area contributed by atoms with E-state index in [1.165, 1.54) is 0 Å². The molecule has 0 bridgehead atoms. The first-order valence-electron chi connectivity index (χ1n) is 6.51. The van der Waals surface area contributed by atoms with Crippen LogP contribution in [0.1, 0.15) is 18.4 Å². The maximum Gasteiger partial charge on any atom is 0.303 e. The molecule has 6 N–H and O–H groups in total. The first-order valence-corrected chi connectivity index (χ1v) is 6.51. The zero-order chi connectivity index (χ0) is 15.8. The van der Waals surface area contributed by atoms with Crippen molar-refractivity contribution in [2.45, 2.75) is 31.3 Å². The van der Waals surface area contributed by atoms with Gasteiger partial charge in [0.25, 0.3) is 0 Å². The van der Waals surface area contributed by atoms with E-state index in [0.717, 1.165) is 5.56 Å². The topological polar surface area (TPSA) is 136 Å². The molecule has 0 radical (unpaired) electrons. The number of carbonyl (C=O) groups is 3. The van der Waals surface area contributed by atoms with Gasteiger partial charge >= 0.3 is 5.97 Å². The van der Waals surface area contributed by atoms with E-state index < -0.39 is 29.9 Å². The molecule has 0 saturated heterocycles. The Kier molecular flexibility index (Phi) is 6.35. The maximum absolute atomic E-state index is 11.9. The van der Waals surface area contributed by atoms with E-state index in [-0.39, 0.29) is 12.8 Å². The highest BCUT2D eigenvalue weighted by Gasteiger charge is 2.22. The molecule has 0 saturated carbocycles. The third-order valence-corrected chi connectivity index (χ3v) is 2.94. The highest BCUT2D eigenvalue weighted by molar-refractivity contribution is 5.89. The normalized spacial score (nSPS) is 13.2. The average molecular weight is 293 g/mol.